The summed E-state index contributed by atoms with van der Waals surface area (Å²) in [5.74, 6) is -1.77. The molecule has 3 aromatic heterocycles. The smallest absolute Gasteiger partial charge is 0.392 e. The summed E-state index contributed by atoms with van der Waals surface area (Å²) in [7, 11) is 2.86. The fourth-order valence-electron chi connectivity index (χ4n) is 3.03. The number of alkyl halides is 3. The maximum atomic E-state index is 13.0. The molecule has 1 aliphatic rings. The van der Waals surface area contributed by atoms with Gasteiger partial charge in [0, 0.05) is 24.2 Å². The quantitative estimate of drug-likeness (QED) is 0.708. The first-order chi connectivity index (χ1) is 12.4. The second kappa shape index (κ2) is 5.82. The molecule has 0 saturated heterocycles. The molecule has 10 heteroatoms. The fraction of sp³-hybridized carbons (Fsp3) is 0.375. The molecule has 1 saturated carbocycles. The molecular formula is C16H14F3N5O2. The SMILES string of the molecule is COc1ncc(-c2cc(C3C[C@@H]3C(F)(F)F)c3nccn3n2)c(OC)n1. The highest BCUT2D eigenvalue weighted by atomic mass is 19.4. The van der Waals surface area contributed by atoms with Gasteiger partial charge in [-0.25, -0.2) is 14.5 Å². The van der Waals surface area contributed by atoms with Crippen LogP contribution in [-0.4, -0.2) is 45.0 Å². The highest BCUT2D eigenvalue weighted by Gasteiger charge is 2.56. The summed E-state index contributed by atoms with van der Waals surface area (Å²) in [6, 6.07) is 1.72. The van der Waals surface area contributed by atoms with Gasteiger partial charge in [0.25, 0.3) is 0 Å². The van der Waals surface area contributed by atoms with E-state index in [1.807, 2.05) is 0 Å². The van der Waals surface area contributed by atoms with Gasteiger partial charge in [-0.15, -0.1) is 0 Å². The van der Waals surface area contributed by atoms with Gasteiger partial charge in [-0.2, -0.15) is 23.3 Å². The summed E-state index contributed by atoms with van der Waals surface area (Å²) in [6.07, 6.45) is 0.379. The molecule has 136 valence electrons. The van der Waals surface area contributed by atoms with Crippen molar-refractivity contribution in [2.45, 2.75) is 18.5 Å². The topological polar surface area (TPSA) is 74.4 Å². The van der Waals surface area contributed by atoms with E-state index in [-0.39, 0.29) is 18.3 Å². The normalized spacial score (nSPS) is 19.6. The monoisotopic (exact) mass is 365 g/mol. The van der Waals surface area contributed by atoms with Crippen molar-refractivity contribution >= 4 is 5.65 Å². The van der Waals surface area contributed by atoms with Crippen LogP contribution in [0.3, 0.4) is 0 Å². The van der Waals surface area contributed by atoms with Gasteiger partial charge in [-0.3, -0.25) is 0 Å². The van der Waals surface area contributed by atoms with Crippen LogP contribution in [0.5, 0.6) is 11.9 Å². The Bertz CT molecular complexity index is 972. The van der Waals surface area contributed by atoms with Crippen molar-refractivity contribution in [2.24, 2.45) is 5.92 Å². The van der Waals surface area contributed by atoms with Gasteiger partial charge in [-0.1, -0.05) is 0 Å². The standard InChI is InChI=1S/C16H14F3N5O2/c1-25-14-10(7-21-15(22-14)26-2)12-6-9(8-5-11(8)16(17,18)19)13-20-3-4-24(13)23-12/h3-4,6-8,11H,5H2,1-2H3/t8?,11-/m0/s1. The second-order valence-electron chi connectivity index (χ2n) is 5.95. The molecule has 4 rings (SSSR count). The van der Waals surface area contributed by atoms with Crippen LogP contribution in [0.4, 0.5) is 13.2 Å². The average Bonchev–Trinajstić information content (AvgIpc) is 3.31. The third-order valence-electron chi connectivity index (χ3n) is 4.38. The molecule has 0 radical (unpaired) electrons. The van der Waals surface area contributed by atoms with E-state index in [1.165, 1.54) is 31.1 Å². The number of hydrogen-bond donors (Lipinski definition) is 0. The van der Waals surface area contributed by atoms with Crippen LogP contribution < -0.4 is 9.47 Å². The lowest BCUT2D eigenvalue weighted by molar-refractivity contribution is -0.148. The number of imidazole rings is 1. The number of ether oxygens (including phenoxy) is 2. The van der Waals surface area contributed by atoms with Gasteiger partial charge >= 0.3 is 12.2 Å². The minimum Gasteiger partial charge on any atom is -0.480 e. The van der Waals surface area contributed by atoms with E-state index in [1.54, 1.807) is 12.3 Å². The van der Waals surface area contributed by atoms with Crippen molar-refractivity contribution < 1.29 is 22.6 Å². The third-order valence-corrected chi connectivity index (χ3v) is 4.38. The molecule has 0 aromatic carbocycles. The molecule has 26 heavy (non-hydrogen) atoms. The lowest BCUT2D eigenvalue weighted by atomic mass is 10.1. The first-order valence-corrected chi connectivity index (χ1v) is 7.78. The maximum absolute atomic E-state index is 13.0. The van der Waals surface area contributed by atoms with E-state index in [9.17, 15) is 13.2 Å². The molecule has 0 spiro atoms. The van der Waals surface area contributed by atoms with Crippen LogP contribution in [-0.2, 0) is 0 Å². The zero-order valence-corrected chi connectivity index (χ0v) is 13.9. The number of methoxy groups -OCH3 is 2. The zero-order chi connectivity index (χ0) is 18.5. The number of fused-ring (bicyclic) bond motifs is 1. The predicted molar refractivity (Wildman–Crippen MR) is 84.0 cm³/mol. The fourth-order valence-corrected chi connectivity index (χ4v) is 3.03. The molecule has 3 heterocycles. The van der Waals surface area contributed by atoms with Crippen LogP contribution >= 0.6 is 0 Å². The van der Waals surface area contributed by atoms with Crippen LogP contribution in [0.15, 0.2) is 24.7 Å². The first kappa shape index (κ1) is 16.6. The summed E-state index contributed by atoms with van der Waals surface area (Å²) in [6.45, 7) is 0. The highest BCUT2D eigenvalue weighted by molar-refractivity contribution is 5.67. The molecule has 2 atom stereocenters. The lowest BCUT2D eigenvalue weighted by Crippen LogP contribution is -2.12. The Balaban J connectivity index is 1.83. The molecule has 3 aromatic rings. The van der Waals surface area contributed by atoms with Gasteiger partial charge < -0.3 is 9.47 Å². The highest BCUT2D eigenvalue weighted by Crippen LogP contribution is 2.57. The Labute approximate surface area is 145 Å². The number of nitrogens with zero attached hydrogens (tertiary/aromatic N) is 5. The Hall–Kier alpha value is -2.91. The van der Waals surface area contributed by atoms with Crippen molar-refractivity contribution in [3.8, 4) is 23.1 Å². The van der Waals surface area contributed by atoms with Crippen LogP contribution in [0, 0.1) is 5.92 Å². The van der Waals surface area contributed by atoms with Gasteiger partial charge in [0.1, 0.15) is 0 Å². The van der Waals surface area contributed by atoms with Gasteiger partial charge in [0.15, 0.2) is 5.65 Å². The molecule has 0 amide bonds. The summed E-state index contributed by atoms with van der Waals surface area (Å²) in [5.41, 5.74) is 1.77. The Kier molecular flexibility index (Phi) is 3.70. The summed E-state index contributed by atoms with van der Waals surface area (Å²) >= 11 is 0. The number of rotatable bonds is 4. The predicted octanol–water partition coefficient (Wildman–Crippen LogP) is 2.87. The van der Waals surface area contributed by atoms with Crippen molar-refractivity contribution in [3.63, 3.8) is 0 Å². The Morgan fingerprint density at radius 1 is 1.19 bits per heavy atom. The number of aromatic nitrogens is 5. The zero-order valence-electron chi connectivity index (χ0n) is 13.9. The molecule has 0 bridgehead atoms. The lowest BCUT2D eigenvalue weighted by Gasteiger charge is -2.11. The van der Waals surface area contributed by atoms with Crippen LogP contribution in [0.1, 0.15) is 17.9 Å². The minimum absolute atomic E-state index is 0.0473. The maximum Gasteiger partial charge on any atom is 0.392 e. The van der Waals surface area contributed by atoms with Gasteiger partial charge in [0.2, 0.25) is 5.88 Å². The number of halogens is 3. The van der Waals surface area contributed by atoms with Crippen molar-refractivity contribution in [3.05, 3.63) is 30.2 Å². The first-order valence-electron chi connectivity index (χ1n) is 7.78. The van der Waals surface area contributed by atoms with Gasteiger partial charge in [0.05, 0.1) is 31.4 Å². The van der Waals surface area contributed by atoms with Gasteiger partial charge in [-0.05, 0) is 18.4 Å². The van der Waals surface area contributed by atoms with Crippen LogP contribution in [0.2, 0.25) is 0 Å². The minimum atomic E-state index is -4.22. The third kappa shape index (κ3) is 2.71. The molecule has 1 unspecified atom stereocenters. The average molecular weight is 365 g/mol. The van der Waals surface area contributed by atoms with Crippen molar-refractivity contribution in [1.82, 2.24) is 24.6 Å². The Morgan fingerprint density at radius 2 is 2.00 bits per heavy atom. The van der Waals surface area contributed by atoms with Crippen molar-refractivity contribution in [2.75, 3.05) is 14.2 Å². The van der Waals surface area contributed by atoms with E-state index < -0.39 is 18.0 Å². The largest absolute Gasteiger partial charge is 0.480 e. The van der Waals surface area contributed by atoms with E-state index in [4.69, 9.17) is 9.47 Å². The summed E-state index contributed by atoms with van der Waals surface area (Å²) < 4.78 is 50.8. The Morgan fingerprint density at radius 3 is 2.65 bits per heavy atom. The number of hydrogen-bond acceptors (Lipinski definition) is 6. The summed E-state index contributed by atoms with van der Waals surface area (Å²) in [4.78, 5) is 12.3. The molecule has 0 N–H and O–H groups in total. The molecule has 1 aliphatic carbocycles. The molecule has 0 aliphatic heterocycles. The second-order valence-corrected chi connectivity index (χ2v) is 5.95. The van der Waals surface area contributed by atoms with Crippen LogP contribution in [0.25, 0.3) is 16.9 Å². The van der Waals surface area contributed by atoms with E-state index in [2.05, 4.69) is 20.1 Å². The van der Waals surface area contributed by atoms with E-state index in [0.29, 0.717) is 22.5 Å². The van der Waals surface area contributed by atoms with Crippen molar-refractivity contribution in [1.29, 1.82) is 0 Å². The molecule has 7 nitrogen and oxygen atoms in total. The summed E-state index contributed by atoms with van der Waals surface area (Å²) in [5, 5.41) is 4.40. The van der Waals surface area contributed by atoms with E-state index in [0.717, 1.165) is 0 Å². The molecular weight excluding hydrogens is 351 g/mol. The van der Waals surface area contributed by atoms with E-state index >= 15 is 0 Å². The molecule has 1 fully saturated rings.